The Hall–Kier alpha value is -2.14. The summed E-state index contributed by atoms with van der Waals surface area (Å²) in [6.45, 7) is 5.45. The fraction of sp³-hybridized carbons (Fsp3) is 0.222. The first-order valence-corrected chi connectivity index (χ1v) is 8.01. The van der Waals surface area contributed by atoms with Crippen LogP contribution in [0.3, 0.4) is 0 Å². The van der Waals surface area contributed by atoms with E-state index in [1.165, 1.54) is 0 Å². The van der Waals surface area contributed by atoms with E-state index in [2.05, 4.69) is 21.2 Å². The molecule has 2 aromatic rings. The summed E-state index contributed by atoms with van der Waals surface area (Å²) in [4.78, 5) is 24.3. The van der Waals surface area contributed by atoms with Crippen molar-refractivity contribution in [3.63, 3.8) is 0 Å². The number of nitrogens with one attached hydrogen (secondary N) is 1. The van der Waals surface area contributed by atoms with Crippen molar-refractivity contribution < 1.29 is 14.3 Å². The molecule has 0 heterocycles. The first kappa shape index (κ1) is 17.2. The zero-order valence-electron chi connectivity index (χ0n) is 13.2. The van der Waals surface area contributed by atoms with Crippen molar-refractivity contribution in [1.29, 1.82) is 0 Å². The van der Waals surface area contributed by atoms with Gasteiger partial charge in [0.25, 0.3) is 5.91 Å². The van der Waals surface area contributed by atoms with Crippen molar-refractivity contribution in [2.45, 2.75) is 26.9 Å². The molecule has 5 heteroatoms. The van der Waals surface area contributed by atoms with Crippen LogP contribution in [0.4, 0.5) is 5.69 Å². The average Bonchev–Trinajstić information content (AvgIpc) is 2.50. The Balaban J connectivity index is 2.03. The number of hydrogen-bond acceptors (Lipinski definition) is 3. The monoisotopic (exact) mass is 375 g/mol. The summed E-state index contributed by atoms with van der Waals surface area (Å²) in [5.41, 5.74) is 3.18. The van der Waals surface area contributed by atoms with E-state index >= 15 is 0 Å². The molecule has 4 nitrogen and oxygen atoms in total. The van der Waals surface area contributed by atoms with Crippen LogP contribution in [-0.2, 0) is 9.53 Å². The van der Waals surface area contributed by atoms with E-state index in [0.29, 0.717) is 15.7 Å². The molecule has 0 spiro atoms. The number of rotatable bonds is 4. The van der Waals surface area contributed by atoms with E-state index in [4.69, 9.17) is 4.74 Å². The van der Waals surface area contributed by atoms with Gasteiger partial charge in [-0.1, -0.05) is 29.8 Å². The van der Waals surface area contributed by atoms with E-state index in [0.717, 1.165) is 11.1 Å². The number of esters is 1. The van der Waals surface area contributed by atoms with Crippen LogP contribution in [0.25, 0.3) is 0 Å². The van der Waals surface area contributed by atoms with Crippen LogP contribution >= 0.6 is 15.9 Å². The van der Waals surface area contributed by atoms with Gasteiger partial charge in [0.05, 0.1) is 5.56 Å². The Bertz CT molecular complexity index is 743. The third-order valence-electron chi connectivity index (χ3n) is 3.39. The van der Waals surface area contributed by atoms with E-state index in [1.807, 2.05) is 32.0 Å². The fourth-order valence-electron chi connectivity index (χ4n) is 2.09. The third-order valence-corrected chi connectivity index (χ3v) is 4.08. The minimum Gasteiger partial charge on any atom is -0.449 e. The van der Waals surface area contributed by atoms with Gasteiger partial charge in [-0.3, -0.25) is 4.79 Å². The summed E-state index contributed by atoms with van der Waals surface area (Å²) in [5, 5.41) is 2.78. The molecule has 0 unspecified atom stereocenters. The van der Waals surface area contributed by atoms with Gasteiger partial charge in [0.1, 0.15) is 0 Å². The maximum atomic E-state index is 12.2. The highest BCUT2D eigenvalue weighted by molar-refractivity contribution is 9.10. The van der Waals surface area contributed by atoms with E-state index in [-0.39, 0.29) is 5.91 Å². The molecule has 0 saturated carbocycles. The highest BCUT2D eigenvalue weighted by atomic mass is 79.9. The van der Waals surface area contributed by atoms with Gasteiger partial charge in [-0.15, -0.1) is 0 Å². The SMILES string of the molecule is Cc1ccc(NC(=O)[C@H](C)OC(=O)c2ccccc2Br)c(C)c1. The van der Waals surface area contributed by atoms with Crippen LogP contribution in [0.15, 0.2) is 46.9 Å². The minimum absolute atomic E-state index is 0.364. The summed E-state index contributed by atoms with van der Waals surface area (Å²) in [6, 6.07) is 12.7. The van der Waals surface area contributed by atoms with Gasteiger partial charge in [-0.25, -0.2) is 4.79 Å². The molecule has 0 radical (unpaired) electrons. The molecule has 23 heavy (non-hydrogen) atoms. The smallest absolute Gasteiger partial charge is 0.340 e. The van der Waals surface area contributed by atoms with Gasteiger partial charge >= 0.3 is 5.97 Å². The number of halogens is 1. The number of anilines is 1. The van der Waals surface area contributed by atoms with Crippen molar-refractivity contribution >= 4 is 33.5 Å². The van der Waals surface area contributed by atoms with Gasteiger partial charge in [0.2, 0.25) is 0 Å². The highest BCUT2D eigenvalue weighted by Crippen LogP contribution is 2.19. The van der Waals surface area contributed by atoms with Crippen LogP contribution in [0.5, 0.6) is 0 Å². The quantitative estimate of drug-likeness (QED) is 0.812. The van der Waals surface area contributed by atoms with Gasteiger partial charge in [0.15, 0.2) is 6.10 Å². The summed E-state index contributed by atoms with van der Waals surface area (Å²) >= 11 is 3.29. The van der Waals surface area contributed by atoms with Crippen LogP contribution in [-0.4, -0.2) is 18.0 Å². The molecule has 0 fully saturated rings. The van der Waals surface area contributed by atoms with Crippen molar-refractivity contribution in [3.8, 4) is 0 Å². The Labute approximate surface area is 144 Å². The zero-order valence-corrected chi connectivity index (χ0v) is 14.8. The molecule has 1 atom stereocenters. The second kappa shape index (κ2) is 7.42. The lowest BCUT2D eigenvalue weighted by atomic mass is 10.1. The molecule has 120 valence electrons. The first-order chi connectivity index (χ1) is 10.9. The molecule has 0 aromatic heterocycles. The molecule has 2 aromatic carbocycles. The topological polar surface area (TPSA) is 55.4 Å². The summed E-state index contributed by atoms with van der Waals surface area (Å²) in [6.07, 6.45) is -0.893. The van der Waals surface area contributed by atoms with E-state index in [1.54, 1.807) is 31.2 Å². The minimum atomic E-state index is -0.893. The van der Waals surface area contributed by atoms with Crippen LogP contribution < -0.4 is 5.32 Å². The lowest BCUT2D eigenvalue weighted by Crippen LogP contribution is -2.30. The van der Waals surface area contributed by atoms with Gasteiger partial charge in [-0.05, 0) is 60.5 Å². The van der Waals surface area contributed by atoms with Crippen molar-refractivity contribution in [3.05, 3.63) is 63.6 Å². The standard InChI is InChI=1S/C18H18BrNO3/c1-11-8-9-16(12(2)10-11)20-17(21)13(3)23-18(22)14-6-4-5-7-15(14)19/h4-10,13H,1-3H3,(H,20,21)/t13-/m0/s1. The number of carbonyl (C=O) groups excluding carboxylic acids is 2. The molecule has 0 saturated heterocycles. The Kier molecular flexibility index (Phi) is 5.55. The van der Waals surface area contributed by atoms with Crippen molar-refractivity contribution in [2.24, 2.45) is 0 Å². The van der Waals surface area contributed by atoms with Gasteiger partial charge < -0.3 is 10.1 Å². The molecule has 1 N–H and O–H groups in total. The second-order valence-corrected chi connectivity index (χ2v) is 6.19. The average molecular weight is 376 g/mol. The van der Waals surface area contributed by atoms with Crippen LogP contribution in [0.2, 0.25) is 0 Å². The van der Waals surface area contributed by atoms with E-state index < -0.39 is 12.1 Å². The lowest BCUT2D eigenvalue weighted by molar-refractivity contribution is -0.123. The maximum absolute atomic E-state index is 12.2. The summed E-state index contributed by atoms with van der Waals surface area (Å²) in [7, 11) is 0. The largest absolute Gasteiger partial charge is 0.449 e. The van der Waals surface area contributed by atoms with Gasteiger partial charge in [-0.2, -0.15) is 0 Å². The maximum Gasteiger partial charge on any atom is 0.340 e. The van der Waals surface area contributed by atoms with Gasteiger partial charge in [0, 0.05) is 10.2 Å². The Morgan fingerprint density at radius 2 is 1.83 bits per heavy atom. The van der Waals surface area contributed by atoms with Crippen LogP contribution in [0.1, 0.15) is 28.4 Å². The number of amides is 1. The number of aryl methyl sites for hydroxylation is 2. The molecule has 0 aliphatic carbocycles. The molecule has 1 amide bonds. The Morgan fingerprint density at radius 1 is 1.13 bits per heavy atom. The lowest BCUT2D eigenvalue weighted by Gasteiger charge is -2.15. The van der Waals surface area contributed by atoms with Crippen LogP contribution in [0, 0.1) is 13.8 Å². The number of hydrogen-bond donors (Lipinski definition) is 1. The van der Waals surface area contributed by atoms with E-state index in [9.17, 15) is 9.59 Å². The predicted molar refractivity (Wildman–Crippen MR) is 93.6 cm³/mol. The Morgan fingerprint density at radius 3 is 2.48 bits per heavy atom. The molecular weight excluding hydrogens is 358 g/mol. The third kappa shape index (κ3) is 4.42. The second-order valence-electron chi connectivity index (χ2n) is 5.34. The number of benzene rings is 2. The van der Waals surface area contributed by atoms with Crippen molar-refractivity contribution in [2.75, 3.05) is 5.32 Å². The molecule has 2 rings (SSSR count). The zero-order chi connectivity index (χ0) is 17.0. The summed E-state index contributed by atoms with van der Waals surface area (Å²) in [5.74, 6) is -0.905. The van der Waals surface area contributed by atoms with Crippen molar-refractivity contribution in [1.82, 2.24) is 0 Å². The highest BCUT2D eigenvalue weighted by Gasteiger charge is 2.20. The molecule has 0 aliphatic rings. The molecule has 0 bridgehead atoms. The molecular formula is C18H18BrNO3. The fourth-order valence-corrected chi connectivity index (χ4v) is 2.54. The molecule has 0 aliphatic heterocycles. The normalized spacial score (nSPS) is 11.7. The first-order valence-electron chi connectivity index (χ1n) is 7.22. The summed E-state index contributed by atoms with van der Waals surface area (Å²) < 4.78 is 5.87. The number of carbonyl (C=O) groups is 2. The predicted octanol–water partition coefficient (Wildman–Crippen LogP) is 4.25. The number of ether oxygens (including phenoxy) is 1.